The molecule has 2 N–H and O–H groups in total. The van der Waals surface area contributed by atoms with E-state index in [4.69, 9.17) is 0 Å². The Labute approximate surface area is 204 Å². The fraction of sp³-hybridized carbons (Fsp3) is 0.680. The first-order chi connectivity index (χ1) is 16.5. The number of carbonyl (C=O) groups is 1. The van der Waals surface area contributed by atoms with Crippen LogP contribution in [0.2, 0.25) is 0 Å². The van der Waals surface area contributed by atoms with Crippen molar-refractivity contribution in [2.75, 3.05) is 51.1 Å². The Morgan fingerprint density at radius 3 is 2.50 bits per heavy atom. The number of amidine groups is 1. The fourth-order valence-corrected chi connectivity index (χ4v) is 6.32. The van der Waals surface area contributed by atoms with Gasteiger partial charge in [-0.25, -0.2) is 8.42 Å². The average Bonchev–Trinajstić information content (AvgIpc) is 3.09. The van der Waals surface area contributed by atoms with Crippen LogP contribution < -0.4 is 10.0 Å². The number of rotatable bonds is 7. The van der Waals surface area contributed by atoms with Crippen LogP contribution in [0.15, 0.2) is 34.2 Å². The fourth-order valence-electron chi connectivity index (χ4n) is 5.18. The number of sulfonamides is 1. The van der Waals surface area contributed by atoms with Crippen LogP contribution in [0, 0.1) is 5.92 Å². The Balaban J connectivity index is 1.25. The maximum absolute atomic E-state index is 12.8. The van der Waals surface area contributed by atoms with Gasteiger partial charge in [-0.2, -0.15) is 0 Å². The van der Waals surface area contributed by atoms with Crippen molar-refractivity contribution in [1.29, 1.82) is 0 Å². The van der Waals surface area contributed by atoms with Crippen LogP contribution >= 0.6 is 0 Å². The lowest BCUT2D eigenvalue weighted by Crippen LogP contribution is -2.49. The summed E-state index contributed by atoms with van der Waals surface area (Å²) in [4.78, 5) is 21.9. The van der Waals surface area contributed by atoms with E-state index in [1.54, 1.807) is 18.2 Å². The molecule has 0 radical (unpaired) electrons. The van der Waals surface area contributed by atoms with Crippen LogP contribution in [0.5, 0.6) is 0 Å². The summed E-state index contributed by atoms with van der Waals surface area (Å²) in [6.45, 7) is 5.97. The second-order valence-corrected chi connectivity index (χ2v) is 11.6. The minimum absolute atomic E-state index is 0.114. The van der Waals surface area contributed by atoms with E-state index >= 15 is 0 Å². The van der Waals surface area contributed by atoms with Gasteiger partial charge in [0.2, 0.25) is 5.91 Å². The van der Waals surface area contributed by atoms with Gasteiger partial charge < -0.3 is 10.2 Å². The van der Waals surface area contributed by atoms with Gasteiger partial charge >= 0.3 is 0 Å². The van der Waals surface area contributed by atoms with E-state index in [-0.39, 0.29) is 10.8 Å². The Hall–Kier alpha value is -1.97. The molecule has 1 aromatic carbocycles. The zero-order valence-corrected chi connectivity index (χ0v) is 21.0. The van der Waals surface area contributed by atoms with Gasteiger partial charge in [0.05, 0.1) is 11.4 Å². The van der Waals surface area contributed by atoms with Crippen molar-refractivity contribution in [3.63, 3.8) is 0 Å². The maximum Gasteiger partial charge on any atom is 0.262 e. The molecule has 1 aliphatic carbocycles. The largest absolute Gasteiger partial charge is 0.325 e. The van der Waals surface area contributed by atoms with Crippen LogP contribution in [-0.4, -0.2) is 75.8 Å². The summed E-state index contributed by atoms with van der Waals surface area (Å²) < 4.78 is 28.3. The number of carbonyl (C=O) groups excluding carboxylic acids is 1. The topological polar surface area (TPSA) is 94.1 Å². The second kappa shape index (κ2) is 12.1. The molecule has 2 heterocycles. The third-order valence-electron chi connectivity index (χ3n) is 7.13. The van der Waals surface area contributed by atoms with Crippen LogP contribution in [0.1, 0.15) is 57.8 Å². The van der Waals surface area contributed by atoms with Gasteiger partial charge in [-0.3, -0.25) is 19.4 Å². The van der Waals surface area contributed by atoms with Gasteiger partial charge in [0, 0.05) is 51.4 Å². The Morgan fingerprint density at radius 1 is 0.971 bits per heavy atom. The number of nitrogens with zero attached hydrogens (tertiary/aromatic N) is 3. The molecule has 4 rings (SSSR count). The lowest BCUT2D eigenvalue weighted by Gasteiger charge is -2.37. The Kier molecular flexibility index (Phi) is 8.97. The van der Waals surface area contributed by atoms with Gasteiger partial charge in [-0.15, -0.1) is 0 Å². The monoisotopic (exact) mass is 489 g/mol. The van der Waals surface area contributed by atoms with Crippen molar-refractivity contribution < 1.29 is 13.2 Å². The summed E-state index contributed by atoms with van der Waals surface area (Å²) in [5, 5.41) is 2.88. The summed E-state index contributed by atoms with van der Waals surface area (Å²) in [6, 6.07) is 6.44. The number of hydrogen-bond acceptors (Lipinski definition) is 6. The maximum atomic E-state index is 12.8. The van der Waals surface area contributed by atoms with Gasteiger partial charge in [-0.05, 0) is 49.8 Å². The first-order valence-electron chi connectivity index (χ1n) is 12.9. The Morgan fingerprint density at radius 2 is 1.71 bits per heavy atom. The number of piperazine rings is 1. The first kappa shape index (κ1) is 25.1. The number of nitrogens with one attached hydrogen (secondary N) is 2. The van der Waals surface area contributed by atoms with E-state index in [0.717, 1.165) is 51.4 Å². The van der Waals surface area contributed by atoms with E-state index in [9.17, 15) is 13.2 Å². The minimum atomic E-state index is -3.73. The number of amides is 1. The molecule has 0 unspecified atom stereocenters. The predicted molar refractivity (Wildman–Crippen MR) is 136 cm³/mol. The molecule has 1 amide bonds. The highest BCUT2D eigenvalue weighted by atomic mass is 32.2. The molecule has 34 heavy (non-hydrogen) atoms. The average molecular weight is 490 g/mol. The second-order valence-electron chi connectivity index (χ2n) is 9.90. The van der Waals surface area contributed by atoms with E-state index in [1.807, 2.05) is 0 Å². The number of aliphatic imine (C=N–C) groups is 1. The standard InChI is InChI=1S/C25H39N5O3S/c31-25(20-30-16-14-29(15-17-30)19-21-8-3-1-4-9-21)27-22-10-7-11-23(18-22)34(32,33)28-24-12-5-2-6-13-26-24/h7,10-11,18,21H,1-6,8-9,12-17,19-20H2,(H,26,28)(H,27,31). The molecule has 1 saturated carbocycles. The van der Waals surface area contributed by atoms with Crippen LogP contribution in [0.3, 0.4) is 0 Å². The summed E-state index contributed by atoms with van der Waals surface area (Å²) in [6.07, 6.45) is 10.5. The summed E-state index contributed by atoms with van der Waals surface area (Å²) in [5.74, 6) is 1.25. The summed E-state index contributed by atoms with van der Waals surface area (Å²) >= 11 is 0. The lowest BCUT2D eigenvalue weighted by molar-refractivity contribution is -0.117. The van der Waals surface area contributed by atoms with Crippen molar-refractivity contribution >= 4 is 27.5 Å². The normalized spacial score (nSPS) is 21.5. The Bertz CT molecular complexity index is 951. The van der Waals surface area contributed by atoms with Gasteiger partial charge in [0.25, 0.3) is 10.0 Å². The van der Waals surface area contributed by atoms with E-state index in [1.165, 1.54) is 44.7 Å². The third-order valence-corrected chi connectivity index (χ3v) is 8.51. The minimum Gasteiger partial charge on any atom is -0.325 e. The molecule has 0 spiro atoms. The number of hydrogen-bond donors (Lipinski definition) is 2. The molecule has 0 bridgehead atoms. The van der Waals surface area contributed by atoms with Crippen molar-refractivity contribution in [3.05, 3.63) is 24.3 Å². The quantitative estimate of drug-likeness (QED) is 0.614. The molecule has 2 aliphatic heterocycles. The van der Waals surface area contributed by atoms with E-state index in [2.05, 4.69) is 24.8 Å². The molecule has 8 nitrogen and oxygen atoms in total. The van der Waals surface area contributed by atoms with E-state index < -0.39 is 10.0 Å². The summed E-state index contributed by atoms with van der Waals surface area (Å²) in [5.41, 5.74) is 0.492. The molecule has 1 aromatic rings. The lowest BCUT2D eigenvalue weighted by atomic mass is 9.89. The van der Waals surface area contributed by atoms with Crippen LogP contribution in [0.4, 0.5) is 5.69 Å². The van der Waals surface area contributed by atoms with Gasteiger partial charge in [0.15, 0.2) is 0 Å². The van der Waals surface area contributed by atoms with Gasteiger partial charge in [0.1, 0.15) is 5.84 Å². The zero-order valence-electron chi connectivity index (χ0n) is 20.2. The molecule has 3 aliphatic rings. The highest BCUT2D eigenvalue weighted by Crippen LogP contribution is 2.24. The molecule has 0 aromatic heterocycles. The van der Waals surface area contributed by atoms with Crippen LogP contribution in [-0.2, 0) is 14.8 Å². The third kappa shape index (κ3) is 7.52. The predicted octanol–water partition coefficient (Wildman–Crippen LogP) is 3.07. The van der Waals surface area contributed by atoms with Crippen molar-refractivity contribution in [1.82, 2.24) is 14.5 Å². The van der Waals surface area contributed by atoms with Crippen molar-refractivity contribution in [2.45, 2.75) is 62.7 Å². The highest BCUT2D eigenvalue weighted by Gasteiger charge is 2.23. The smallest absolute Gasteiger partial charge is 0.262 e. The molecular weight excluding hydrogens is 450 g/mol. The highest BCUT2D eigenvalue weighted by molar-refractivity contribution is 7.90. The molecule has 9 heteroatoms. The SMILES string of the molecule is O=C(CN1CCN(CC2CCCCC2)CC1)Nc1cccc(S(=O)(=O)NC2=NCCCCC2)c1. The zero-order chi connectivity index (χ0) is 23.8. The first-order valence-corrected chi connectivity index (χ1v) is 14.4. The van der Waals surface area contributed by atoms with Crippen molar-refractivity contribution in [2.24, 2.45) is 10.9 Å². The molecular formula is C25H39N5O3S. The number of benzene rings is 1. The van der Waals surface area contributed by atoms with E-state index in [0.29, 0.717) is 31.0 Å². The van der Waals surface area contributed by atoms with Crippen molar-refractivity contribution in [3.8, 4) is 0 Å². The number of anilines is 1. The molecule has 1 saturated heterocycles. The summed E-state index contributed by atoms with van der Waals surface area (Å²) in [7, 11) is -3.73. The van der Waals surface area contributed by atoms with Crippen LogP contribution in [0.25, 0.3) is 0 Å². The molecule has 2 fully saturated rings. The molecule has 0 atom stereocenters. The van der Waals surface area contributed by atoms with Gasteiger partial charge in [-0.1, -0.05) is 31.7 Å². The molecule has 188 valence electrons.